The summed E-state index contributed by atoms with van der Waals surface area (Å²) in [7, 11) is 0. The predicted molar refractivity (Wildman–Crippen MR) is 45.0 cm³/mol. The van der Waals surface area contributed by atoms with E-state index in [1.807, 2.05) is 42.7 Å². The summed E-state index contributed by atoms with van der Waals surface area (Å²) in [5.74, 6) is 0. The summed E-state index contributed by atoms with van der Waals surface area (Å²) in [6, 6.07) is 9.60. The maximum atomic E-state index is 3.78. The molecule has 2 rings (SSSR count). The normalized spacial score (nSPS) is 7.33. The summed E-state index contributed by atoms with van der Waals surface area (Å²) >= 11 is 0. The first-order valence-corrected chi connectivity index (χ1v) is 3.43. The van der Waals surface area contributed by atoms with Gasteiger partial charge in [-0.2, -0.15) is 0 Å². The predicted octanol–water partition coefficient (Wildman–Crippen LogP) is 2.09. The molecule has 0 unspecified atom stereocenters. The molecule has 1 N–H and O–H groups in total. The van der Waals surface area contributed by atoms with Crippen molar-refractivity contribution in [3.8, 4) is 0 Å². The van der Waals surface area contributed by atoms with Crippen LogP contribution in [0.2, 0.25) is 0 Å². The van der Waals surface area contributed by atoms with E-state index in [-0.39, 0.29) is 19.5 Å². The fourth-order valence-corrected chi connectivity index (χ4v) is 0.590. The summed E-state index contributed by atoms with van der Waals surface area (Å²) in [5, 5.41) is 0. The fourth-order valence-electron chi connectivity index (χ4n) is 0.590. The molecule has 3 heteroatoms. The Labute approximate surface area is 84.8 Å². The van der Waals surface area contributed by atoms with Gasteiger partial charge in [0.2, 0.25) is 0 Å². The van der Waals surface area contributed by atoms with Crippen LogP contribution >= 0.6 is 0 Å². The van der Waals surface area contributed by atoms with Gasteiger partial charge in [0.25, 0.3) is 0 Å². The van der Waals surface area contributed by atoms with Crippen molar-refractivity contribution in [1.29, 1.82) is 0 Å². The third kappa shape index (κ3) is 5.81. The van der Waals surface area contributed by atoms with Crippen molar-refractivity contribution in [3.05, 3.63) is 55.1 Å². The molecule has 58 valence electrons. The molecule has 0 amide bonds. The molecular weight excluding hydrogens is 202 g/mol. The zero-order chi connectivity index (χ0) is 7.78. The standard InChI is InChI=1S/C5H5N.C4H5N.Zn/c1-2-4-6-5-3-1;1-2-4-5-3-1;/h1-5H;1-5H;. The third-order valence-electron chi connectivity index (χ3n) is 1.06. The molecule has 12 heavy (non-hydrogen) atoms. The number of nitrogens with zero attached hydrogens (tertiary/aromatic N) is 1. The van der Waals surface area contributed by atoms with E-state index < -0.39 is 0 Å². The van der Waals surface area contributed by atoms with Crippen molar-refractivity contribution >= 4 is 0 Å². The van der Waals surface area contributed by atoms with Gasteiger partial charge in [-0.05, 0) is 24.3 Å². The molecular formula is C9H10N2Zn. The van der Waals surface area contributed by atoms with Crippen LogP contribution in [0, 0.1) is 0 Å². The van der Waals surface area contributed by atoms with E-state index in [0.717, 1.165) is 0 Å². The molecule has 2 nitrogen and oxygen atoms in total. The molecule has 0 fully saturated rings. The largest absolute Gasteiger partial charge is 0.368 e. The molecule has 0 saturated heterocycles. The fraction of sp³-hybridized carbons (Fsp3) is 0. The van der Waals surface area contributed by atoms with Crippen molar-refractivity contribution < 1.29 is 19.5 Å². The number of pyridine rings is 1. The van der Waals surface area contributed by atoms with E-state index in [4.69, 9.17) is 0 Å². The minimum Gasteiger partial charge on any atom is -0.368 e. The molecule has 0 spiro atoms. The topological polar surface area (TPSA) is 28.7 Å². The van der Waals surface area contributed by atoms with Gasteiger partial charge in [-0.25, -0.2) is 0 Å². The second-order valence-electron chi connectivity index (χ2n) is 1.91. The zero-order valence-corrected chi connectivity index (χ0v) is 9.82. The minimum atomic E-state index is 0. The van der Waals surface area contributed by atoms with Crippen LogP contribution in [-0.4, -0.2) is 9.97 Å². The van der Waals surface area contributed by atoms with Crippen LogP contribution in [0.4, 0.5) is 0 Å². The average molecular weight is 212 g/mol. The number of nitrogens with one attached hydrogen (secondary N) is 1. The minimum absolute atomic E-state index is 0. The monoisotopic (exact) mass is 210 g/mol. The molecule has 0 aliphatic rings. The Kier molecular flexibility index (Phi) is 7.51. The smallest absolute Gasteiger partial charge is 0.0267 e. The van der Waals surface area contributed by atoms with Gasteiger partial charge in [0.05, 0.1) is 0 Å². The van der Waals surface area contributed by atoms with E-state index in [9.17, 15) is 0 Å². The molecule has 0 atom stereocenters. The van der Waals surface area contributed by atoms with Crippen LogP contribution in [0.15, 0.2) is 55.1 Å². The third-order valence-corrected chi connectivity index (χ3v) is 1.06. The summed E-state index contributed by atoms with van der Waals surface area (Å²) in [6.07, 6.45) is 7.25. The quantitative estimate of drug-likeness (QED) is 0.665. The van der Waals surface area contributed by atoms with E-state index in [2.05, 4.69) is 9.97 Å². The summed E-state index contributed by atoms with van der Waals surface area (Å²) in [5.41, 5.74) is 0. The number of aromatic amines is 1. The molecule has 2 heterocycles. The Bertz CT molecular complexity index is 198. The Balaban J connectivity index is 0.000000189. The molecule has 2 aromatic heterocycles. The summed E-state index contributed by atoms with van der Waals surface area (Å²) < 4.78 is 0. The van der Waals surface area contributed by atoms with Crippen LogP contribution in [0.25, 0.3) is 0 Å². The Hall–Kier alpha value is -0.947. The SMILES string of the molecule is [Zn].c1cc[nH]c1.c1ccncc1. The first kappa shape index (κ1) is 11.1. The van der Waals surface area contributed by atoms with Crippen molar-refractivity contribution in [1.82, 2.24) is 9.97 Å². The molecule has 0 aliphatic carbocycles. The Morgan fingerprint density at radius 2 is 1.33 bits per heavy atom. The summed E-state index contributed by atoms with van der Waals surface area (Å²) in [4.78, 5) is 6.65. The number of rotatable bonds is 0. The first-order valence-electron chi connectivity index (χ1n) is 3.43. The second-order valence-corrected chi connectivity index (χ2v) is 1.91. The number of hydrogen-bond acceptors (Lipinski definition) is 1. The summed E-state index contributed by atoms with van der Waals surface area (Å²) in [6.45, 7) is 0. The van der Waals surface area contributed by atoms with Crippen LogP contribution in [0.5, 0.6) is 0 Å². The van der Waals surface area contributed by atoms with Gasteiger partial charge in [-0.15, -0.1) is 0 Å². The van der Waals surface area contributed by atoms with Gasteiger partial charge >= 0.3 is 0 Å². The van der Waals surface area contributed by atoms with Crippen molar-refractivity contribution in [2.75, 3.05) is 0 Å². The van der Waals surface area contributed by atoms with Gasteiger partial charge in [0.1, 0.15) is 0 Å². The van der Waals surface area contributed by atoms with Gasteiger partial charge in [0, 0.05) is 44.3 Å². The van der Waals surface area contributed by atoms with Crippen molar-refractivity contribution in [3.63, 3.8) is 0 Å². The first-order chi connectivity index (χ1) is 5.50. The molecule has 0 bridgehead atoms. The Morgan fingerprint density at radius 1 is 0.750 bits per heavy atom. The number of aromatic nitrogens is 2. The van der Waals surface area contributed by atoms with Crippen LogP contribution in [0.1, 0.15) is 0 Å². The second kappa shape index (κ2) is 8.15. The molecule has 0 aliphatic heterocycles. The van der Waals surface area contributed by atoms with Gasteiger partial charge in [0.15, 0.2) is 0 Å². The maximum absolute atomic E-state index is 3.78. The van der Waals surface area contributed by atoms with Crippen LogP contribution in [0.3, 0.4) is 0 Å². The van der Waals surface area contributed by atoms with Crippen LogP contribution < -0.4 is 0 Å². The number of H-pyrrole nitrogens is 1. The number of hydrogen-bond donors (Lipinski definition) is 1. The van der Waals surface area contributed by atoms with E-state index in [0.29, 0.717) is 0 Å². The Morgan fingerprint density at radius 3 is 1.50 bits per heavy atom. The van der Waals surface area contributed by atoms with Crippen LogP contribution in [-0.2, 0) is 19.5 Å². The van der Waals surface area contributed by atoms with E-state index in [1.54, 1.807) is 12.4 Å². The van der Waals surface area contributed by atoms with Gasteiger partial charge < -0.3 is 4.98 Å². The van der Waals surface area contributed by atoms with Gasteiger partial charge in [-0.1, -0.05) is 6.07 Å². The average Bonchev–Trinajstić information content (AvgIpc) is 2.64. The van der Waals surface area contributed by atoms with Crippen molar-refractivity contribution in [2.45, 2.75) is 0 Å². The maximum Gasteiger partial charge on any atom is 0.0267 e. The van der Waals surface area contributed by atoms with Gasteiger partial charge in [-0.3, -0.25) is 4.98 Å². The van der Waals surface area contributed by atoms with E-state index in [1.165, 1.54) is 0 Å². The zero-order valence-electron chi connectivity index (χ0n) is 6.85. The van der Waals surface area contributed by atoms with E-state index >= 15 is 0 Å². The van der Waals surface area contributed by atoms with Crippen molar-refractivity contribution in [2.24, 2.45) is 0 Å². The molecule has 0 aromatic carbocycles. The molecule has 0 radical (unpaired) electrons. The molecule has 0 saturated carbocycles. The molecule has 2 aromatic rings.